The van der Waals surface area contributed by atoms with Gasteiger partial charge in [0.2, 0.25) is 0 Å². The Labute approximate surface area is 125 Å². The molecule has 2 N–H and O–H groups in total. The Balaban J connectivity index is 2.10. The van der Waals surface area contributed by atoms with Crippen LogP contribution in [-0.2, 0) is 0 Å². The standard InChI is InChI=1S/C17H23NOS/c1-13-10-12-20-17(13)14(2)18-16(9-6-11-19)15-7-4-3-5-8-15/h3-5,7-8,10,12,14,16,18-19H,6,9,11H2,1-2H3. The molecule has 0 saturated carbocycles. The fourth-order valence-electron chi connectivity index (χ4n) is 2.53. The summed E-state index contributed by atoms with van der Waals surface area (Å²) >= 11 is 1.81. The normalized spacial score (nSPS) is 14.2. The molecule has 0 aliphatic heterocycles. The lowest BCUT2D eigenvalue weighted by Gasteiger charge is -2.24. The third-order valence-electron chi connectivity index (χ3n) is 3.60. The number of hydrogen-bond donors (Lipinski definition) is 2. The van der Waals surface area contributed by atoms with E-state index in [1.54, 1.807) is 11.3 Å². The molecule has 3 heteroatoms. The Morgan fingerprint density at radius 3 is 2.55 bits per heavy atom. The van der Waals surface area contributed by atoms with Gasteiger partial charge in [-0.05, 0) is 49.3 Å². The van der Waals surface area contributed by atoms with Crippen LogP contribution in [0.4, 0.5) is 0 Å². The maximum absolute atomic E-state index is 9.10. The number of aliphatic hydroxyl groups excluding tert-OH is 1. The second-order valence-electron chi connectivity index (χ2n) is 5.19. The van der Waals surface area contributed by atoms with E-state index in [1.165, 1.54) is 16.0 Å². The molecule has 0 radical (unpaired) electrons. The molecule has 2 aromatic rings. The first-order valence-electron chi connectivity index (χ1n) is 7.18. The summed E-state index contributed by atoms with van der Waals surface area (Å²) in [6, 6.07) is 13.3. The lowest BCUT2D eigenvalue weighted by atomic mass is 10.0. The Hall–Kier alpha value is -1.16. The smallest absolute Gasteiger partial charge is 0.0431 e. The van der Waals surface area contributed by atoms with Crippen molar-refractivity contribution < 1.29 is 5.11 Å². The van der Waals surface area contributed by atoms with Gasteiger partial charge in [0.1, 0.15) is 0 Å². The fourth-order valence-corrected chi connectivity index (χ4v) is 3.48. The van der Waals surface area contributed by atoms with Crippen molar-refractivity contribution in [1.82, 2.24) is 5.32 Å². The van der Waals surface area contributed by atoms with Crippen molar-refractivity contribution in [3.05, 3.63) is 57.8 Å². The molecule has 0 fully saturated rings. The summed E-state index contributed by atoms with van der Waals surface area (Å²) in [7, 11) is 0. The van der Waals surface area contributed by atoms with Crippen LogP contribution in [0.25, 0.3) is 0 Å². The second-order valence-corrected chi connectivity index (χ2v) is 6.13. The number of benzene rings is 1. The molecular weight excluding hydrogens is 266 g/mol. The van der Waals surface area contributed by atoms with Crippen molar-refractivity contribution in [1.29, 1.82) is 0 Å². The quantitative estimate of drug-likeness (QED) is 0.800. The summed E-state index contributed by atoms with van der Waals surface area (Å²) in [6.07, 6.45) is 1.78. The summed E-state index contributed by atoms with van der Waals surface area (Å²) < 4.78 is 0. The van der Waals surface area contributed by atoms with Crippen molar-refractivity contribution in [3.63, 3.8) is 0 Å². The van der Waals surface area contributed by atoms with Crippen LogP contribution < -0.4 is 5.32 Å². The molecule has 0 bridgehead atoms. The van der Waals surface area contributed by atoms with E-state index in [-0.39, 0.29) is 6.61 Å². The van der Waals surface area contributed by atoms with Crippen molar-refractivity contribution >= 4 is 11.3 Å². The summed E-state index contributed by atoms with van der Waals surface area (Å²) in [6.45, 7) is 4.63. The molecule has 2 nitrogen and oxygen atoms in total. The SMILES string of the molecule is Cc1ccsc1C(C)NC(CCCO)c1ccccc1. The highest BCUT2D eigenvalue weighted by Gasteiger charge is 2.16. The molecule has 2 rings (SSSR count). The second kappa shape index (κ2) is 7.58. The van der Waals surface area contributed by atoms with E-state index in [9.17, 15) is 0 Å². The number of thiophene rings is 1. The van der Waals surface area contributed by atoms with Crippen LogP contribution in [0.2, 0.25) is 0 Å². The molecule has 0 spiro atoms. The van der Waals surface area contributed by atoms with Gasteiger partial charge >= 0.3 is 0 Å². The maximum atomic E-state index is 9.10. The molecule has 108 valence electrons. The predicted octanol–water partition coefficient (Wildman–Crippen LogP) is 4.22. The highest BCUT2D eigenvalue weighted by Crippen LogP contribution is 2.28. The summed E-state index contributed by atoms with van der Waals surface area (Å²) in [5.74, 6) is 0. The van der Waals surface area contributed by atoms with Gasteiger partial charge in [-0.25, -0.2) is 0 Å². The molecule has 1 aromatic heterocycles. The van der Waals surface area contributed by atoms with Crippen LogP contribution in [0.3, 0.4) is 0 Å². The zero-order chi connectivity index (χ0) is 14.4. The highest BCUT2D eigenvalue weighted by molar-refractivity contribution is 7.10. The van der Waals surface area contributed by atoms with Crippen molar-refractivity contribution in [2.75, 3.05) is 6.61 Å². The highest BCUT2D eigenvalue weighted by atomic mass is 32.1. The van der Waals surface area contributed by atoms with Crippen LogP contribution in [0.5, 0.6) is 0 Å². The first-order valence-corrected chi connectivity index (χ1v) is 8.06. The summed E-state index contributed by atoms with van der Waals surface area (Å²) in [4.78, 5) is 1.40. The third kappa shape index (κ3) is 3.92. The van der Waals surface area contributed by atoms with E-state index < -0.39 is 0 Å². The monoisotopic (exact) mass is 289 g/mol. The first kappa shape index (κ1) is 15.2. The largest absolute Gasteiger partial charge is 0.396 e. The Kier molecular flexibility index (Phi) is 5.77. The zero-order valence-corrected chi connectivity index (χ0v) is 13.0. The lowest BCUT2D eigenvalue weighted by Crippen LogP contribution is -2.24. The molecule has 0 aliphatic rings. The lowest BCUT2D eigenvalue weighted by molar-refractivity contribution is 0.272. The van der Waals surface area contributed by atoms with E-state index in [4.69, 9.17) is 5.11 Å². The molecule has 0 saturated heterocycles. The first-order chi connectivity index (χ1) is 9.72. The fraction of sp³-hybridized carbons (Fsp3) is 0.412. The van der Waals surface area contributed by atoms with Gasteiger partial charge in [-0.15, -0.1) is 11.3 Å². The van der Waals surface area contributed by atoms with Gasteiger partial charge in [-0.1, -0.05) is 30.3 Å². The average Bonchev–Trinajstić information content (AvgIpc) is 2.90. The molecular formula is C17H23NOS. The third-order valence-corrected chi connectivity index (χ3v) is 4.80. The van der Waals surface area contributed by atoms with Crippen LogP contribution in [0.15, 0.2) is 41.8 Å². The Morgan fingerprint density at radius 1 is 1.20 bits per heavy atom. The van der Waals surface area contributed by atoms with E-state index in [0.717, 1.165) is 12.8 Å². The maximum Gasteiger partial charge on any atom is 0.0431 e. The van der Waals surface area contributed by atoms with Gasteiger partial charge in [0, 0.05) is 23.6 Å². The van der Waals surface area contributed by atoms with Crippen LogP contribution in [0, 0.1) is 6.92 Å². The molecule has 1 aromatic carbocycles. The Morgan fingerprint density at radius 2 is 1.95 bits per heavy atom. The van der Waals surface area contributed by atoms with Gasteiger partial charge in [-0.3, -0.25) is 0 Å². The summed E-state index contributed by atoms with van der Waals surface area (Å²) in [5, 5.41) is 15.0. The van der Waals surface area contributed by atoms with Crippen molar-refractivity contribution in [2.45, 2.75) is 38.8 Å². The molecule has 0 amide bonds. The van der Waals surface area contributed by atoms with Gasteiger partial charge in [0.25, 0.3) is 0 Å². The van der Waals surface area contributed by atoms with Gasteiger partial charge in [0.15, 0.2) is 0 Å². The summed E-state index contributed by atoms with van der Waals surface area (Å²) in [5.41, 5.74) is 2.64. The van der Waals surface area contributed by atoms with E-state index in [2.05, 4.69) is 54.9 Å². The van der Waals surface area contributed by atoms with Crippen molar-refractivity contribution in [3.8, 4) is 0 Å². The number of hydrogen-bond acceptors (Lipinski definition) is 3. The van der Waals surface area contributed by atoms with Crippen LogP contribution >= 0.6 is 11.3 Å². The van der Waals surface area contributed by atoms with E-state index in [0.29, 0.717) is 12.1 Å². The van der Waals surface area contributed by atoms with Crippen molar-refractivity contribution in [2.24, 2.45) is 0 Å². The van der Waals surface area contributed by atoms with Gasteiger partial charge in [-0.2, -0.15) is 0 Å². The number of rotatable bonds is 7. The molecule has 20 heavy (non-hydrogen) atoms. The van der Waals surface area contributed by atoms with E-state index in [1.807, 2.05) is 6.07 Å². The predicted molar refractivity (Wildman–Crippen MR) is 86.1 cm³/mol. The Bertz CT molecular complexity index is 509. The molecule has 2 atom stereocenters. The zero-order valence-electron chi connectivity index (χ0n) is 12.2. The number of aliphatic hydroxyl groups is 1. The number of nitrogens with one attached hydrogen (secondary N) is 1. The average molecular weight is 289 g/mol. The molecule has 2 unspecified atom stereocenters. The van der Waals surface area contributed by atoms with Crippen LogP contribution in [-0.4, -0.2) is 11.7 Å². The topological polar surface area (TPSA) is 32.3 Å². The van der Waals surface area contributed by atoms with E-state index >= 15 is 0 Å². The van der Waals surface area contributed by atoms with Crippen LogP contribution in [0.1, 0.15) is 47.9 Å². The number of aryl methyl sites for hydroxylation is 1. The van der Waals surface area contributed by atoms with Gasteiger partial charge < -0.3 is 10.4 Å². The molecule has 1 heterocycles. The molecule has 0 aliphatic carbocycles. The minimum atomic E-state index is 0.247. The minimum absolute atomic E-state index is 0.247. The minimum Gasteiger partial charge on any atom is -0.396 e. The van der Waals surface area contributed by atoms with Gasteiger partial charge in [0.05, 0.1) is 0 Å².